The van der Waals surface area contributed by atoms with Crippen LogP contribution in [0, 0.1) is 6.92 Å². The number of carboxylic acids is 1. The van der Waals surface area contributed by atoms with E-state index in [1.54, 1.807) is 18.2 Å². The lowest BCUT2D eigenvalue weighted by atomic mass is 10.2. The van der Waals surface area contributed by atoms with Gasteiger partial charge in [0, 0.05) is 12.7 Å². The van der Waals surface area contributed by atoms with Gasteiger partial charge < -0.3 is 10.4 Å². The topological polar surface area (TPSA) is 74.0 Å². The molecule has 0 heterocycles. The molecule has 0 bridgehead atoms. The Hall–Kier alpha value is -2.69. The fourth-order valence-corrected chi connectivity index (χ4v) is 1.84. The van der Waals surface area contributed by atoms with E-state index in [1.165, 1.54) is 6.07 Å². The molecule has 0 atom stereocenters. The smallest absolute Gasteiger partial charge is 0.337 e. The third-order valence-electron chi connectivity index (χ3n) is 2.89. The molecule has 2 N–H and O–H groups in total. The van der Waals surface area contributed by atoms with Gasteiger partial charge in [0.1, 0.15) is 5.69 Å². The van der Waals surface area contributed by atoms with Crippen LogP contribution in [-0.2, 0) is 0 Å². The fraction of sp³-hybridized carbons (Fsp3) is 0.133. The Morgan fingerprint density at radius 3 is 2.55 bits per heavy atom. The number of benzene rings is 2. The lowest BCUT2D eigenvalue weighted by molar-refractivity contribution is 0.0698. The molecule has 0 saturated carbocycles. The Kier molecular flexibility index (Phi) is 4.10. The van der Waals surface area contributed by atoms with Gasteiger partial charge in [0.05, 0.1) is 11.3 Å². The lowest BCUT2D eigenvalue weighted by Crippen LogP contribution is -1.95. The van der Waals surface area contributed by atoms with E-state index in [0.717, 1.165) is 11.3 Å². The molecule has 0 aliphatic heterocycles. The molecule has 2 aromatic rings. The van der Waals surface area contributed by atoms with Gasteiger partial charge in [-0.25, -0.2) is 4.79 Å². The van der Waals surface area contributed by atoms with Crippen LogP contribution in [0.15, 0.2) is 52.7 Å². The molecule has 0 spiro atoms. The molecule has 0 saturated heterocycles. The maximum Gasteiger partial charge on any atom is 0.337 e. The number of nitrogens with zero attached hydrogens (tertiary/aromatic N) is 2. The first-order valence-electron chi connectivity index (χ1n) is 6.14. The predicted octanol–water partition coefficient (Wildman–Crippen LogP) is 4.15. The molecular formula is C15H15N3O2. The number of aryl methyl sites for hydroxylation is 1. The molecule has 5 heteroatoms. The summed E-state index contributed by atoms with van der Waals surface area (Å²) < 4.78 is 0. The summed E-state index contributed by atoms with van der Waals surface area (Å²) in [5.41, 5.74) is 3.24. The number of hydrogen-bond acceptors (Lipinski definition) is 4. The number of carbonyl (C=O) groups is 1. The maximum atomic E-state index is 11.1. The zero-order valence-corrected chi connectivity index (χ0v) is 11.3. The van der Waals surface area contributed by atoms with E-state index in [4.69, 9.17) is 5.11 Å². The Labute approximate surface area is 117 Å². The van der Waals surface area contributed by atoms with Crippen LogP contribution >= 0.6 is 0 Å². The minimum absolute atomic E-state index is 0.139. The minimum atomic E-state index is -1.01. The average molecular weight is 269 g/mol. The van der Waals surface area contributed by atoms with E-state index in [0.29, 0.717) is 11.4 Å². The van der Waals surface area contributed by atoms with Gasteiger partial charge in [-0.15, -0.1) is 5.11 Å². The van der Waals surface area contributed by atoms with Crippen molar-refractivity contribution in [2.75, 3.05) is 12.4 Å². The molecule has 0 fully saturated rings. The Morgan fingerprint density at radius 1 is 1.15 bits per heavy atom. The maximum absolute atomic E-state index is 11.1. The van der Waals surface area contributed by atoms with E-state index < -0.39 is 5.97 Å². The lowest BCUT2D eigenvalue weighted by Gasteiger charge is -2.04. The first-order chi connectivity index (χ1) is 9.61. The van der Waals surface area contributed by atoms with E-state index in [9.17, 15) is 4.79 Å². The zero-order chi connectivity index (χ0) is 14.5. The second kappa shape index (κ2) is 5.97. The second-order valence-electron chi connectivity index (χ2n) is 4.27. The van der Waals surface area contributed by atoms with Crippen LogP contribution in [0.25, 0.3) is 0 Å². The van der Waals surface area contributed by atoms with Gasteiger partial charge in [-0.1, -0.05) is 12.1 Å². The molecule has 0 radical (unpaired) electrons. The van der Waals surface area contributed by atoms with Gasteiger partial charge >= 0.3 is 5.97 Å². The molecule has 5 nitrogen and oxygen atoms in total. The van der Waals surface area contributed by atoms with Crippen LogP contribution in [0.3, 0.4) is 0 Å². The largest absolute Gasteiger partial charge is 0.478 e. The highest BCUT2D eigenvalue weighted by molar-refractivity contribution is 5.93. The van der Waals surface area contributed by atoms with Crippen LogP contribution in [-0.4, -0.2) is 18.1 Å². The summed E-state index contributed by atoms with van der Waals surface area (Å²) in [6.45, 7) is 1.97. The van der Waals surface area contributed by atoms with Crippen molar-refractivity contribution >= 4 is 23.0 Å². The van der Waals surface area contributed by atoms with E-state index in [2.05, 4.69) is 15.5 Å². The van der Waals surface area contributed by atoms with Crippen LogP contribution in [0.2, 0.25) is 0 Å². The molecule has 0 aromatic heterocycles. The van der Waals surface area contributed by atoms with E-state index >= 15 is 0 Å². The summed E-state index contributed by atoms with van der Waals surface area (Å²) in [6, 6.07) is 12.1. The van der Waals surface area contributed by atoms with Crippen molar-refractivity contribution in [1.29, 1.82) is 0 Å². The number of carboxylic acid groups (broad SMARTS) is 1. The number of rotatable bonds is 4. The first-order valence-corrected chi connectivity index (χ1v) is 6.14. The van der Waals surface area contributed by atoms with Crippen molar-refractivity contribution < 1.29 is 9.90 Å². The van der Waals surface area contributed by atoms with Crippen molar-refractivity contribution in [1.82, 2.24) is 0 Å². The minimum Gasteiger partial charge on any atom is -0.478 e. The predicted molar refractivity (Wildman–Crippen MR) is 78.3 cm³/mol. The molecule has 0 unspecified atom stereocenters. The summed E-state index contributed by atoms with van der Waals surface area (Å²) in [5, 5.41) is 20.2. The standard InChI is InChI=1S/C15H15N3O2/c1-10-9-11(7-8-13(10)16-2)17-18-14-6-4-3-5-12(14)15(19)20/h3-9,16H,1-2H3,(H,19,20). The monoisotopic (exact) mass is 269 g/mol. The summed E-state index contributed by atoms with van der Waals surface area (Å²) in [4.78, 5) is 11.1. The Balaban J connectivity index is 2.30. The number of anilines is 1. The molecule has 0 amide bonds. The molecule has 2 rings (SSSR count). The fourth-order valence-electron chi connectivity index (χ4n) is 1.84. The quantitative estimate of drug-likeness (QED) is 0.819. The van der Waals surface area contributed by atoms with Crippen LogP contribution < -0.4 is 5.32 Å². The number of aromatic carboxylic acids is 1. The average Bonchev–Trinajstić information content (AvgIpc) is 2.45. The van der Waals surface area contributed by atoms with Crippen molar-refractivity contribution in [3.8, 4) is 0 Å². The molecule has 20 heavy (non-hydrogen) atoms. The van der Waals surface area contributed by atoms with Crippen LogP contribution in [0.1, 0.15) is 15.9 Å². The van der Waals surface area contributed by atoms with Crippen molar-refractivity contribution in [3.63, 3.8) is 0 Å². The van der Waals surface area contributed by atoms with Gasteiger partial charge in [0.25, 0.3) is 0 Å². The number of nitrogens with one attached hydrogen (secondary N) is 1. The highest BCUT2D eigenvalue weighted by atomic mass is 16.4. The molecule has 0 aliphatic rings. The normalized spacial score (nSPS) is 10.7. The van der Waals surface area contributed by atoms with Crippen LogP contribution in [0.4, 0.5) is 17.1 Å². The van der Waals surface area contributed by atoms with Gasteiger partial charge in [-0.2, -0.15) is 5.11 Å². The van der Waals surface area contributed by atoms with E-state index in [1.807, 2.05) is 32.2 Å². The van der Waals surface area contributed by atoms with E-state index in [-0.39, 0.29) is 5.56 Å². The third kappa shape index (κ3) is 3.00. The van der Waals surface area contributed by atoms with Crippen molar-refractivity contribution in [2.24, 2.45) is 10.2 Å². The number of azo groups is 1. The number of hydrogen-bond donors (Lipinski definition) is 2. The molecule has 0 aliphatic carbocycles. The molecule has 2 aromatic carbocycles. The highest BCUT2D eigenvalue weighted by Gasteiger charge is 2.08. The molecule has 102 valence electrons. The van der Waals surface area contributed by atoms with Gasteiger partial charge in [0.15, 0.2) is 0 Å². The third-order valence-corrected chi connectivity index (χ3v) is 2.89. The van der Waals surface area contributed by atoms with Crippen molar-refractivity contribution in [2.45, 2.75) is 6.92 Å². The Morgan fingerprint density at radius 2 is 1.90 bits per heavy atom. The zero-order valence-electron chi connectivity index (χ0n) is 11.3. The van der Waals surface area contributed by atoms with Crippen molar-refractivity contribution in [3.05, 3.63) is 53.6 Å². The second-order valence-corrected chi connectivity index (χ2v) is 4.27. The highest BCUT2D eigenvalue weighted by Crippen LogP contribution is 2.25. The summed E-state index contributed by atoms with van der Waals surface area (Å²) in [7, 11) is 1.85. The first kappa shape index (κ1) is 13.7. The van der Waals surface area contributed by atoms with Gasteiger partial charge in [-0.3, -0.25) is 0 Å². The SMILES string of the molecule is CNc1ccc(N=Nc2ccccc2C(=O)O)cc1C. The van der Waals surface area contributed by atoms with Gasteiger partial charge in [0.2, 0.25) is 0 Å². The van der Waals surface area contributed by atoms with Gasteiger partial charge in [-0.05, 0) is 42.8 Å². The Bertz CT molecular complexity index is 666. The summed E-state index contributed by atoms with van der Waals surface area (Å²) >= 11 is 0. The molecular weight excluding hydrogens is 254 g/mol. The summed E-state index contributed by atoms with van der Waals surface area (Å²) in [6.07, 6.45) is 0. The summed E-state index contributed by atoms with van der Waals surface area (Å²) in [5.74, 6) is -1.01. The van der Waals surface area contributed by atoms with Crippen LogP contribution in [0.5, 0.6) is 0 Å².